The van der Waals surface area contributed by atoms with Crippen LogP contribution in [0.4, 0.5) is 17.1 Å². The normalized spacial score (nSPS) is 12.3. The van der Waals surface area contributed by atoms with E-state index in [1.165, 1.54) is 12.1 Å². The number of nitrogens with one attached hydrogen (secondary N) is 2. The van der Waals surface area contributed by atoms with Crippen LogP contribution in [0.1, 0.15) is 12.8 Å². The maximum Gasteiger partial charge on any atom is 0.269 e. The zero-order valence-corrected chi connectivity index (χ0v) is 14.1. The molecule has 2 aromatic carbocycles. The van der Waals surface area contributed by atoms with Crippen molar-refractivity contribution < 1.29 is 19.2 Å². The van der Waals surface area contributed by atoms with Crippen LogP contribution in [0.2, 0.25) is 0 Å². The van der Waals surface area contributed by atoms with Crippen LogP contribution in [0, 0.1) is 10.1 Å². The minimum atomic E-state index is -0.438. The summed E-state index contributed by atoms with van der Waals surface area (Å²) in [4.78, 5) is 22.2. The van der Waals surface area contributed by atoms with Gasteiger partial charge in [-0.1, -0.05) is 0 Å². The second kappa shape index (κ2) is 8.19. The van der Waals surface area contributed by atoms with Crippen LogP contribution < -0.4 is 20.1 Å². The summed E-state index contributed by atoms with van der Waals surface area (Å²) in [6.45, 7) is 1.62. The van der Waals surface area contributed by atoms with Crippen LogP contribution >= 0.6 is 0 Å². The molecule has 0 saturated carbocycles. The Morgan fingerprint density at radius 3 is 2.46 bits per heavy atom. The largest absolute Gasteiger partial charge is 0.486 e. The van der Waals surface area contributed by atoms with Crippen molar-refractivity contribution in [3.63, 3.8) is 0 Å². The Labute approximate surface area is 150 Å². The van der Waals surface area contributed by atoms with Crippen LogP contribution in [0.25, 0.3) is 0 Å². The first kappa shape index (κ1) is 17.5. The molecular formula is C18H19N3O5. The molecule has 1 aliphatic heterocycles. The summed E-state index contributed by atoms with van der Waals surface area (Å²) >= 11 is 0. The topological polar surface area (TPSA) is 103 Å². The number of benzene rings is 2. The second-order valence-electron chi connectivity index (χ2n) is 5.74. The predicted molar refractivity (Wildman–Crippen MR) is 96.9 cm³/mol. The van der Waals surface area contributed by atoms with Gasteiger partial charge < -0.3 is 20.1 Å². The molecule has 26 heavy (non-hydrogen) atoms. The fourth-order valence-corrected chi connectivity index (χ4v) is 2.53. The second-order valence-corrected chi connectivity index (χ2v) is 5.74. The summed E-state index contributed by atoms with van der Waals surface area (Å²) in [5.41, 5.74) is 1.50. The highest BCUT2D eigenvalue weighted by Crippen LogP contribution is 2.32. The van der Waals surface area contributed by atoms with Gasteiger partial charge in [0.2, 0.25) is 5.91 Å². The maximum absolute atomic E-state index is 12.0. The molecule has 0 aliphatic carbocycles. The lowest BCUT2D eigenvalue weighted by molar-refractivity contribution is -0.384. The van der Waals surface area contributed by atoms with Gasteiger partial charge in [0.15, 0.2) is 11.5 Å². The molecule has 0 fully saturated rings. The minimum absolute atomic E-state index is 0.0503. The van der Waals surface area contributed by atoms with Gasteiger partial charge in [0.25, 0.3) is 5.69 Å². The molecule has 0 saturated heterocycles. The zero-order chi connectivity index (χ0) is 18.4. The van der Waals surface area contributed by atoms with E-state index in [1.807, 2.05) is 0 Å². The number of nitrogens with zero attached hydrogens (tertiary/aromatic N) is 1. The molecule has 0 bridgehead atoms. The zero-order valence-electron chi connectivity index (χ0n) is 14.1. The number of amides is 1. The first-order chi connectivity index (χ1) is 12.6. The number of hydrogen-bond donors (Lipinski definition) is 2. The number of hydrogen-bond acceptors (Lipinski definition) is 6. The molecule has 2 aromatic rings. The molecule has 3 rings (SSSR count). The SMILES string of the molecule is O=C(CCCNc1ccc([N+](=O)[O-])cc1)Nc1ccc2c(c1)OCCO2. The van der Waals surface area contributed by atoms with E-state index in [0.717, 1.165) is 5.69 Å². The van der Waals surface area contributed by atoms with E-state index >= 15 is 0 Å². The number of carbonyl (C=O) groups is 1. The Kier molecular flexibility index (Phi) is 5.52. The summed E-state index contributed by atoms with van der Waals surface area (Å²) < 4.78 is 10.9. The van der Waals surface area contributed by atoms with E-state index < -0.39 is 4.92 Å². The molecule has 0 unspecified atom stereocenters. The van der Waals surface area contributed by atoms with Gasteiger partial charge in [-0.2, -0.15) is 0 Å². The van der Waals surface area contributed by atoms with Crippen molar-refractivity contribution in [2.24, 2.45) is 0 Å². The number of rotatable bonds is 7. The third kappa shape index (κ3) is 4.62. The third-order valence-corrected chi connectivity index (χ3v) is 3.81. The molecule has 0 atom stereocenters. The molecule has 136 valence electrons. The molecular weight excluding hydrogens is 338 g/mol. The van der Waals surface area contributed by atoms with Gasteiger partial charge in [-0.05, 0) is 30.7 Å². The van der Waals surface area contributed by atoms with E-state index in [1.54, 1.807) is 30.3 Å². The van der Waals surface area contributed by atoms with Gasteiger partial charge in [-0.15, -0.1) is 0 Å². The Morgan fingerprint density at radius 1 is 1.04 bits per heavy atom. The molecule has 1 amide bonds. The quantitative estimate of drug-likeness (QED) is 0.448. The summed E-state index contributed by atoms with van der Waals surface area (Å²) in [6.07, 6.45) is 0.988. The van der Waals surface area contributed by atoms with Gasteiger partial charge in [-0.25, -0.2) is 0 Å². The van der Waals surface area contributed by atoms with Crippen molar-refractivity contribution in [2.75, 3.05) is 30.4 Å². The molecule has 0 spiro atoms. The van der Waals surface area contributed by atoms with Crippen LogP contribution in [0.5, 0.6) is 11.5 Å². The summed E-state index contributed by atoms with van der Waals surface area (Å²) in [6, 6.07) is 11.5. The van der Waals surface area contributed by atoms with E-state index in [4.69, 9.17) is 9.47 Å². The van der Waals surface area contributed by atoms with Crippen molar-refractivity contribution in [1.82, 2.24) is 0 Å². The number of ether oxygens (including phenoxy) is 2. The number of fused-ring (bicyclic) bond motifs is 1. The molecule has 1 aliphatic rings. The van der Waals surface area contributed by atoms with E-state index in [-0.39, 0.29) is 11.6 Å². The van der Waals surface area contributed by atoms with Crippen LogP contribution in [0.15, 0.2) is 42.5 Å². The first-order valence-electron chi connectivity index (χ1n) is 8.29. The first-order valence-corrected chi connectivity index (χ1v) is 8.29. The van der Waals surface area contributed by atoms with Crippen molar-refractivity contribution in [3.05, 3.63) is 52.6 Å². The Hall–Kier alpha value is -3.29. The lowest BCUT2D eigenvalue weighted by atomic mass is 10.2. The molecule has 0 radical (unpaired) electrons. The van der Waals surface area contributed by atoms with Crippen molar-refractivity contribution in [2.45, 2.75) is 12.8 Å². The van der Waals surface area contributed by atoms with Gasteiger partial charge in [0.05, 0.1) is 4.92 Å². The highest BCUT2D eigenvalue weighted by molar-refractivity contribution is 5.91. The highest BCUT2D eigenvalue weighted by atomic mass is 16.6. The van der Waals surface area contributed by atoms with E-state index in [2.05, 4.69) is 10.6 Å². The molecule has 8 heteroatoms. The van der Waals surface area contributed by atoms with Gasteiger partial charge >= 0.3 is 0 Å². The predicted octanol–water partition coefficient (Wildman–Crippen LogP) is 3.20. The van der Waals surface area contributed by atoms with Crippen LogP contribution in [-0.2, 0) is 4.79 Å². The lowest BCUT2D eigenvalue weighted by Crippen LogP contribution is -2.16. The molecule has 8 nitrogen and oxygen atoms in total. The summed E-state index contributed by atoms with van der Waals surface area (Å²) in [5.74, 6) is 1.22. The van der Waals surface area contributed by atoms with Crippen LogP contribution in [0.3, 0.4) is 0 Å². The standard InChI is InChI=1S/C18H19N3O5/c22-18(20-14-5-8-16-17(12-14)26-11-10-25-16)2-1-9-19-13-3-6-15(7-4-13)21(23)24/h3-8,12,19H,1-2,9-11H2,(H,20,22). The molecule has 0 aromatic heterocycles. The van der Waals surface area contributed by atoms with E-state index in [9.17, 15) is 14.9 Å². The molecule has 1 heterocycles. The van der Waals surface area contributed by atoms with Gasteiger partial charge in [0.1, 0.15) is 13.2 Å². The number of nitro benzene ring substituents is 1. The minimum Gasteiger partial charge on any atom is -0.486 e. The van der Waals surface area contributed by atoms with Crippen molar-refractivity contribution in [3.8, 4) is 11.5 Å². The Balaban J connectivity index is 1.41. The molecule has 2 N–H and O–H groups in total. The van der Waals surface area contributed by atoms with Crippen molar-refractivity contribution >= 4 is 23.0 Å². The van der Waals surface area contributed by atoms with Gasteiger partial charge in [-0.3, -0.25) is 14.9 Å². The summed E-state index contributed by atoms with van der Waals surface area (Å²) in [7, 11) is 0. The fourth-order valence-electron chi connectivity index (χ4n) is 2.53. The third-order valence-electron chi connectivity index (χ3n) is 3.81. The lowest BCUT2D eigenvalue weighted by Gasteiger charge is -2.19. The highest BCUT2D eigenvalue weighted by Gasteiger charge is 2.12. The van der Waals surface area contributed by atoms with Gasteiger partial charge in [0, 0.05) is 42.5 Å². The van der Waals surface area contributed by atoms with Crippen LogP contribution in [-0.4, -0.2) is 30.6 Å². The average Bonchev–Trinajstić information content (AvgIpc) is 2.65. The van der Waals surface area contributed by atoms with E-state index in [0.29, 0.717) is 49.8 Å². The Morgan fingerprint density at radius 2 is 1.73 bits per heavy atom. The number of non-ortho nitro benzene ring substituents is 1. The fraction of sp³-hybridized carbons (Fsp3) is 0.278. The number of nitro groups is 1. The monoisotopic (exact) mass is 357 g/mol. The van der Waals surface area contributed by atoms with Crippen molar-refractivity contribution in [1.29, 1.82) is 0 Å². The number of carbonyl (C=O) groups excluding carboxylic acids is 1. The Bertz CT molecular complexity index is 792. The maximum atomic E-state index is 12.0. The average molecular weight is 357 g/mol. The smallest absolute Gasteiger partial charge is 0.269 e. The number of anilines is 2. The summed E-state index contributed by atoms with van der Waals surface area (Å²) in [5, 5.41) is 16.6.